The molecule has 4 rings (SSSR count). The van der Waals surface area contributed by atoms with Crippen LogP contribution in [0.1, 0.15) is 74.6 Å². The molecular formula is C26H34N4O2. The first-order valence-electron chi connectivity index (χ1n) is 12.0. The molecule has 1 aliphatic carbocycles. The SMILES string of the molecule is CCCCc1nc(CC2CCCCC2)nn1Cc1ccc(C2(C(=O)O)C=CC=NC2)cc1. The number of aromatic nitrogens is 3. The van der Waals surface area contributed by atoms with Gasteiger partial charge in [0.25, 0.3) is 0 Å². The normalized spacial score (nSPS) is 21.2. The van der Waals surface area contributed by atoms with Gasteiger partial charge >= 0.3 is 5.97 Å². The minimum Gasteiger partial charge on any atom is -0.480 e. The zero-order chi connectivity index (χ0) is 22.4. The largest absolute Gasteiger partial charge is 0.480 e. The number of allylic oxidation sites excluding steroid dienone is 1. The maximum atomic E-state index is 12.0. The smallest absolute Gasteiger partial charge is 0.319 e. The van der Waals surface area contributed by atoms with E-state index in [0.29, 0.717) is 6.54 Å². The molecule has 32 heavy (non-hydrogen) atoms. The molecule has 0 amide bonds. The van der Waals surface area contributed by atoms with Crippen LogP contribution in [0.25, 0.3) is 0 Å². The number of aryl methyl sites for hydroxylation is 1. The molecule has 170 valence electrons. The second kappa shape index (κ2) is 10.2. The van der Waals surface area contributed by atoms with Crippen LogP contribution in [-0.4, -0.2) is 38.6 Å². The Morgan fingerprint density at radius 1 is 1.19 bits per heavy atom. The Hall–Kier alpha value is -2.76. The number of unbranched alkanes of at least 4 members (excludes halogenated alkanes) is 1. The number of rotatable bonds is 9. The number of nitrogens with zero attached hydrogens (tertiary/aromatic N) is 4. The molecule has 1 N–H and O–H groups in total. The van der Waals surface area contributed by atoms with Gasteiger partial charge in [-0.25, -0.2) is 9.67 Å². The zero-order valence-corrected chi connectivity index (χ0v) is 19.0. The van der Waals surface area contributed by atoms with Crippen molar-refractivity contribution in [3.63, 3.8) is 0 Å². The van der Waals surface area contributed by atoms with Crippen LogP contribution in [0.3, 0.4) is 0 Å². The van der Waals surface area contributed by atoms with E-state index in [2.05, 4.69) is 16.6 Å². The van der Waals surface area contributed by atoms with Crippen molar-refractivity contribution in [2.24, 2.45) is 10.9 Å². The van der Waals surface area contributed by atoms with E-state index in [1.807, 2.05) is 24.3 Å². The van der Waals surface area contributed by atoms with Gasteiger partial charge in [0.05, 0.1) is 13.1 Å². The molecule has 0 bridgehead atoms. The number of hydrogen-bond acceptors (Lipinski definition) is 4. The van der Waals surface area contributed by atoms with Crippen molar-refractivity contribution in [1.82, 2.24) is 14.8 Å². The summed E-state index contributed by atoms with van der Waals surface area (Å²) in [5.41, 5.74) is 0.772. The molecular weight excluding hydrogens is 400 g/mol. The number of carbonyl (C=O) groups is 1. The summed E-state index contributed by atoms with van der Waals surface area (Å²) in [5.74, 6) is 1.89. The fourth-order valence-corrected chi connectivity index (χ4v) is 4.86. The predicted octanol–water partition coefficient (Wildman–Crippen LogP) is 4.75. The Morgan fingerprint density at radius 3 is 2.62 bits per heavy atom. The highest BCUT2D eigenvalue weighted by Crippen LogP contribution is 2.29. The lowest BCUT2D eigenvalue weighted by molar-refractivity contribution is -0.141. The number of benzene rings is 1. The maximum absolute atomic E-state index is 12.0. The van der Waals surface area contributed by atoms with Crippen LogP contribution >= 0.6 is 0 Å². The Labute approximate surface area is 190 Å². The van der Waals surface area contributed by atoms with Crippen LogP contribution in [0.4, 0.5) is 0 Å². The highest BCUT2D eigenvalue weighted by atomic mass is 16.4. The van der Waals surface area contributed by atoms with E-state index in [4.69, 9.17) is 10.1 Å². The van der Waals surface area contributed by atoms with Crippen LogP contribution in [0.2, 0.25) is 0 Å². The van der Waals surface area contributed by atoms with Crippen molar-refractivity contribution in [1.29, 1.82) is 0 Å². The molecule has 1 aliphatic heterocycles. The van der Waals surface area contributed by atoms with Crippen molar-refractivity contribution in [3.05, 3.63) is 59.2 Å². The van der Waals surface area contributed by atoms with Gasteiger partial charge in [-0.05, 0) is 29.5 Å². The topological polar surface area (TPSA) is 80.4 Å². The second-order valence-electron chi connectivity index (χ2n) is 9.24. The predicted molar refractivity (Wildman–Crippen MR) is 126 cm³/mol. The summed E-state index contributed by atoms with van der Waals surface area (Å²) in [5, 5.41) is 14.7. The number of dihydropyridines is 1. The van der Waals surface area contributed by atoms with Crippen LogP contribution in [-0.2, 0) is 29.6 Å². The molecule has 6 nitrogen and oxygen atoms in total. The highest BCUT2D eigenvalue weighted by Gasteiger charge is 2.38. The standard InChI is InChI=1S/C26H34N4O2/c1-2-3-10-24-28-23(17-20-8-5-4-6-9-20)29-30(24)18-21-11-13-22(14-12-21)26(25(31)32)15-7-16-27-19-26/h7,11-16,20H,2-6,8-10,17-19H2,1H3,(H,31,32). The van der Waals surface area contributed by atoms with Crippen molar-refractivity contribution in [3.8, 4) is 0 Å². The Kier molecular flexibility index (Phi) is 7.18. The van der Waals surface area contributed by atoms with Crippen LogP contribution in [0, 0.1) is 5.92 Å². The second-order valence-corrected chi connectivity index (χ2v) is 9.24. The lowest BCUT2D eigenvalue weighted by atomic mass is 9.79. The number of aliphatic imine (C=N–C) groups is 1. The van der Waals surface area contributed by atoms with Gasteiger partial charge in [0.2, 0.25) is 0 Å². The quantitative estimate of drug-likeness (QED) is 0.617. The van der Waals surface area contributed by atoms with Crippen molar-refractivity contribution in [2.45, 2.75) is 76.7 Å². The van der Waals surface area contributed by atoms with Crippen molar-refractivity contribution in [2.75, 3.05) is 6.54 Å². The van der Waals surface area contributed by atoms with Gasteiger partial charge in [-0.1, -0.05) is 75.8 Å². The summed E-state index contributed by atoms with van der Waals surface area (Å²) >= 11 is 0. The molecule has 1 aromatic heterocycles. The fraction of sp³-hybridized carbons (Fsp3) is 0.538. The molecule has 6 heteroatoms. The fourth-order valence-electron chi connectivity index (χ4n) is 4.86. The van der Waals surface area contributed by atoms with E-state index in [1.54, 1.807) is 18.4 Å². The third kappa shape index (κ3) is 5.00. The van der Waals surface area contributed by atoms with Gasteiger partial charge in [0.1, 0.15) is 11.2 Å². The molecule has 2 aliphatic rings. The third-order valence-electron chi connectivity index (χ3n) is 6.84. The molecule has 1 aromatic carbocycles. The first-order valence-corrected chi connectivity index (χ1v) is 12.0. The average molecular weight is 435 g/mol. The molecule has 1 saturated carbocycles. The first-order chi connectivity index (χ1) is 15.6. The van der Waals surface area contributed by atoms with Gasteiger partial charge in [-0.2, -0.15) is 5.10 Å². The lowest BCUT2D eigenvalue weighted by Gasteiger charge is -2.26. The molecule has 0 radical (unpaired) electrons. The van der Waals surface area contributed by atoms with Gasteiger partial charge in [0.15, 0.2) is 5.82 Å². The van der Waals surface area contributed by atoms with E-state index in [1.165, 1.54) is 32.1 Å². The summed E-state index contributed by atoms with van der Waals surface area (Å²) in [7, 11) is 0. The summed E-state index contributed by atoms with van der Waals surface area (Å²) in [6, 6.07) is 7.86. The molecule has 0 spiro atoms. The van der Waals surface area contributed by atoms with Crippen LogP contribution < -0.4 is 0 Å². The minimum atomic E-state index is -1.08. The molecule has 1 unspecified atom stereocenters. The summed E-state index contributed by atoms with van der Waals surface area (Å²) in [4.78, 5) is 21.1. The highest BCUT2D eigenvalue weighted by molar-refractivity contribution is 5.88. The van der Waals surface area contributed by atoms with E-state index in [9.17, 15) is 9.90 Å². The van der Waals surface area contributed by atoms with E-state index >= 15 is 0 Å². The van der Waals surface area contributed by atoms with Crippen molar-refractivity contribution < 1.29 is 9.90 Å². The minimum absolute atomic E-state index is 0.229. The zero-order valence-electron chi connectivity index (χ0n) is 19.0. The van der Waals surface area contributed by atoms with Gasteiger partial charge in [0, 0.05) is 19.1 Å². The third-order valence-corrected chi connectivity index (χ3v) is 6.84. The Bertz CT molecular complexity index is 970. The van der Waals surface area contributed by atoms with Gasteiger partial charge < -0.3 is 5.11 Å². The molecule has 2 heterocycles. The molecule has 0 saturated heterocycles. The number of carboxylic acids is 1. The number of hydrogen-bond donors (Lipinski definition) is 1. The van der Waals surface area contributed by atoms with E-state index in [-0.39, 0.29) is 6.54 Å². The van der Waals surface area contributed by atoms with Gasteiger partial charge in [-0.3, -0.25) is 9.79 Å². The first kappa shape index (κ1) is 22.4. The van der Waals surface area contributed by atoms with Crippen molar-refractivity contribution >= 4 is 12.2 Å². The van der Waals surface area contributed by atoms with E-state index in [0.717, 1.165) is 54.4 Å². The molecule has 2 aromatic rings. The Morgan fingerprint density at radius 2 is 1.97 bits per heavy atom. The molecule has 1 atom stereocenters. The van der Waals surface area contributed by atoms with Gasteiger partial charge in [-0.15, -0.1) is 0 Å². The maximum Gasteiger partial charge on any atom is 0.319 e. The summed E-state index contributed by atoms with van der Waals surface area (Å²) in [6.07, 6.45) is 15.9. The monoisotopic (exact) mass is 434 g/mol. The summed E-state index contributed by atoms with van der Waals surface area (Å²) < 4.78 is 2.06. The van der Waals surface area contributed by atoms with Crippen LogP contribution in [0.15, 0.2) is 41.4 Å². The lowest BCUT2D eigenvalue weighted by Crippen LogP contribution is -2.38. The van der Waals surface area contributed by atoms with E-state index < -0.39 is 11.4 Å². The summed E-state index contributed by atoms with van der Waals surface area (Å²) in [6.45, 7) is 3.09. The Balaban J connectivity index is 1.51. The number of aliphatic carboxylic acids is 1. The van der Waals surface area contributed by atoms with Crippen LogP contribution in [0.5, 0.6) is 0 Å². The number of carboxylic acid groups (broad SMARTS) is 1. The molecule has 1 fully saturated rings. The average Bonchev–Trinajstić information content (AvgIpc) is 3.19.